The van der Waals surface area contributed by atoms with E-state index in [1.54, 1.807) is 11.9 Å². The number of anilines is 1. The maximum absolute atomic E-state index is 13.2. The Labute approximate surface area is 236 Å². The molecular formula is C31H41N3O4S. The third-order valence-electron chi connectivity index (χ3n) is 9.26. The molecule has 2 aliphatic rings. The molecule has 0 spiro atoms. The van der Waals surface area contributed by atoms with Gasteiger partial charge in [0.1, 0.15) is 0 Å². The van der Waals surface area contributed by atoms with Crippen molar-refractivity contribution < 1.29 is 19.8 Å². The number of carbonyl (C=O) groups excluding carboxylic acids is 2. The summed E-state index contributed by atoms with van der Waals surface area (Å²) in [6.45, 7) is 10.6. The number of thiazole rings is 1. The predicted octanol–water partition coefficient (Wildman–Crippen LogP) is 4.59. The molecule has 7 nitrogen and oxygen atoms in total. The number of carbonyl (C=O) groups is 2. The molecule has 2 aromatic rings. The second-order valence-corrected chi connectivity index (χ2v) is 13.9. The Morgan fingerprint density at radius 2 is 1.92 bits per heavy atom. The molecule has 1 aromatic heterocycles. The molecule has 1 saturated carbocycles. The highest BCUT2D eigenvalue weighted by Crippen LogP contribution is 2.62. The zero-order valence-electron chi connectivity index (χ0n) is 23.9. The average molecular weight is 552 g/mol. The van der Waals surface area contributed by atoms with Crippen LogP contribution < -0.4 is 5.32 Å². The van der Waals surface area contributed by atoms with Crippen LogP contribution in [0.1, 0.15) is 86.3 Å². The Balaban J connectivity index is 1.68. The van der Waals surface area contributed by atoms with Gasteiger partial charge < -0.3 is 15.1 Å². The van der Waals surface area contributed by atoms with Crippen molar-refractivity contribution in [2.75, 3.05) is 25.5 Å². The topological polar surface area (TPSA) is 103 Å². The lowest BCUT2D eigenvalue weighted by Crippen LogP contribution is -2.57. The van der Waals surface area contributed by atoms with Crippen LogP contribution in [-0.2, 0) is 16.6 Å². The lowest BCUT2D eigenvalue weighted by molar-refractivity contribution is -0.146. The van der Waals surface area contributed by atoms with Crippen molar-refractivity contribution in [3.63, 3.8) is 0 Å². The highest BCUT2D eigenvalue weighted by Gasteiger charge is 2.59. The van der Waals surface area contributed by atoms with Crippen LogP contribution in [-0.4, -0.2) is 58.2 Å². The molecular weight excluding hydrogens is 510 g/mol. The van der Waals surface area contributed by atoms with E-state index in [0.29, 0.717) is 30.0 Å². The van der Waals surface area contributed by atoms with Crippen LogP contribution in [0.3, 0.4) is 0 Å². The first-order chi connectivity index (χ1) is 18.2. The zero-order valence-corrected chi connectivity index (χ0v) is 24.7. The molecule has 0 bridgehead atoms. The molecule has 5 atom stereocenters. The van der Waals surface area contributed by atoms with Gasteiger partial charge in [0, 0.05) is 35.2 Å². The van der Waals surface area contributed by atoms with E-state index in [0.717, 1.165) is 16.1 Å². The van der Waals surface area contributed by atoms with Gasteiger partial charge in [0.25, 0.3) is 5.91 Å². The largest absolute Gasteiger partial charge is 0.396 e. The van der Waals surface area contributed by atoms with Crippen LogP contribution in [0.4, 0.5) is 5.13 Å². The van der Waals surface area contributed by atoms with Gasteiger partial charge in [-0.2, -0.15) is 0 Å². The highest BCUT2D eigenvalue weighted by atomic mass is 32.1. The summed E-state index contributed by atoms with van der Waals surface area (Å²) in [5.41, 5.74) is 1.45. The highest BCUT2D eigenvalue weighted by molar-refractivity contribution is 7.15. The van der Waals surface area contributed by atoms with Gasteiger partial charge in [-0.25, -0.2) is 4.98 Å². The number of nitrogens with one attached hydrogen (secondary N) is 1. The van der Waals surface area contributed by atoms with Gasteiger partial charge in [-0.1, -0.05) is 52.7 Å². The van der Waals surface area contributed by atoms with Crippen molar-refractivity contribution in [1.29, 1.82) is 0 Å². The summed E-state index contributed by atoms with van der Waals surface area (Å²) < 4.78 is 0. The van der Waals surface area contributed by atoms with Crippen molar-refractivity contribution in [1.82, 2.24) is 9.88 Å². The van der Waals surface area contributed by atoms with Crippen LogP contribution in [0.25, 0.3) is 0 Å². The van der Waals surface area contributed by atoms with Crippen LogP contribution in [0, 0.1) is 29.1 Å². The molecule has 0 unspecified atom stereocenters. The number of aromatic nitrogens is 1. The lowest BCUT2D eigenvalue weighted by Gasteiger charge is -2.58. The number of aliphatic hydroxyl groups is 2. The van der Waals surface area contributed by atoms with E-state index in [9.17, 15) is 19.8 Å². The summed E-state index contributed by atoms with van der Waals surface area (Å²) in [6, 6.07) is 7.61. The summed E-state index contributed by atoms with van der Waals surface area (Å²) in [5.74, 6) is 1.94. The van der Waals surface area contributed by atoms with Gasteiger partial charge >= 0.3 is 0 Å². The van der Waals surface area contributed by atoms with Gasteiger partial charge in [0.05, 0.1) is 24.9 Å². The van der Waals surface area contributed by atoms with E-state index >= 15 is 0 Å². The van der Waals surface area contributed by atoms with Crippen LogP contribution >= 0.6 is 11.3 Å². The molecule has 1 fully saturated rings. The molecule has 0 radical (unpaired) electrons. The second-order valence-electron chi connectivity index (χ2n) is 12.8. The first-order valence-electron chi connectivity index (χ1n) is 13.6. The van der Waals surface area contributed by atoms with E-state index in [1.807, 2.05) is 31.2 Å². The van der Waals surface area contributed by atoms with Crippen molar-refractivity contribution in [2.45, 2.75) is 77.7 Å². The number of rotatable bonds is 6. The standard InChI is InChI=1S/C31H41N3O4S/c1-8-15-34(7)25(37)16-21-26-22(17-23-30(21,5)14-13-24(36)31(23,6)18-35)39-28(32-26)33-27(38)19-9-11-20(12-10-19)29(2,3)4/h1,9-12,21,23-24,35-36H,13-18H2,2-7H3,(H,32,33,38)/t21-,23+,24-,30+,31+/m1/s1. The maximum atomic E-state index is 13.2. The van der Waals surface area contributed by atoms with Gasteiger partial charge in [-0.05, 0) is 53.7 Å². The minimum atomic E-state index is -0.709. The van der Waals surface area contributed by atoms with E-state index in [-0.39, 0.29) is 54.1 Å². The number of amides is 2. The van der Waals surface area contributed by atoms with Crippen molar-refractivity contribution in [3.8, 4) is 12.3 Å². The summed E-state index contributed by atoms with van der Waals surface area (Å²) in [5, 5.41) is 24.9. The minimum absolute atomic E-state index is 0.00631. The minimum Gasteiger partial charge on any atom is -0.396 e. The Morgan fingerprint density at radius 3 is 2.51 bits per heavy atom. The summed E-state index contributed by atoms with van der Waals surface area (Å²) in [7, 11) is 1.70. The Kier molecular flexibility index (Phi) is 8.01. The summed E-state index contributed by atoms with van der Waals surface area (Å²) in [6.07, 6.45) is 6.92. The smallest absolute Gasteiger partial charge is 0.257 e. The third-order valence-corrected chi connectivity index (χ3v) is 10.3. The molecule has 1 aromatic carbocycles. The van der Waals surface area contributed by atoms with Crippen molar-refractivity contribution in [2.24, 2.45) is 16.7 Å². The molecule has 3 N–H and O–H groups in total. The number of aliphatic hydroxyl groups excluding tert-OH is 2. The van der Waals surface area contributed by atoms with Crippen molar-refractivity contribution in [3.05, 3.63) is 46.0 Å². The lowest BCUT2D eigenvalue weighted by atomic mass is 9.47. The quantitative estimate of drug-likeness (QED) is 0.456. The molecule has 1 heterocycles. The Bertz CT molecular complexity index is 1270. The first kappa shape index (κ1) is 29.3. The molecule has 2 aliphatic carbocycles. The predicted molar refractivity (Wildman–Crippen MR) is 155 cm³/mol. The van der Waals surface area contributed by atoms with E-state index in [1.165, 1.54) is 11.3 Å². The Morgan fingerprint density at radius 1 is 1.26 bits per heavy atom. The molecule has 2 amide bonds. The van der Waals surface area contributed by atoms with Gasteiger partial charge in [-0.3, -0.25) is 14.9 Å². The van der Waals surface area contributed by atoms with E-state index in [2.05, 4.69) is 38.9 Å². The molecule has 210 valence electrons. The maximum Gasteiger partial charge on any atom is 0.257 e. The fourth-order valence-electron chi connectivity index (χ4n) is 6.55. The molecule has 39 heavy (non-hydrogen) atoms. The third kappa shape index (κ3) is 5.37. The van der Waals surface area contributed by atoms with Crippen LogP contribution in [0.2, 0.25) is 0 Å². The normalized spacial score (nSPS) is 28.1. The van der Waals surface area contributed by atoms with Gasteiger partial charge in [0.15, 0.2) is 5.13 Å². The first-order valence-corrected chi connectivity index (χ1v) is 14.4. The van der Waals surface area contributed by atoms with Crippen LogP contribution in [0.5, 0.6) is 0 Å². The second kappa shape index (κ2) is 10.7. The van der Waals surface area contributed by atoms with Gasteiger partial charge in [-0.15, -0.1) is 17.8 Å². The number of hydrogen-bond acceptors (Lipinski definition) is 6. The Hall–Kier alpha value is -2.73. The number of hydrogen-bond donors (Lipinski definition) is 3. The monoisotopic (exact) mass is 551 g/mol. The van der Waals surface area contributed by atoms with E-state index < -0.39 is 11.5 Å². The SMILES string of the molecule is C#CCN(C)C(=O)C[C@@H]1c2nc(NC(=O)c3ccc(C(C)(C)C)cc3)sc2C[C@@H]2[C@](C)(CO)[C@H](O)CC[C@]21C. The average Bonchev–Trinajstić information content (AvgIpc) is 3.29. The molecule has 8 heteroatoms. The molecule has 0 saturated heterocycles. The summed E-state index contributed by atoms with van der Waals surface area (Å²) >= 11 is 1.42. The zero-order chi connectivity index (χ0) is 28.8. The van der Waals surface area contributed by atoms with Gasteiger partial charge in [0.2, 0.25) is 5.91 Å². The number of benzene rings is 1. The molecule has 4 rings (SSSR count). The van der Waals surface area contributed by atoms with Crippen molar-refractivity contribution >= 4 is 28.3 Å². The number of nitrogens with zero attached hydrogens (tertiary/aromatic N) is 2. The fraction of sp³-hybridized carbons (Fsp3) is 0.581. The fourth-order valence-corrected chi connectivity index (χ4v) is 7.61. The van der Waals surface area contributed by atoms with E-state index in [4.69, 9.17) is 11.4 Å². The number of terminal acetylenes is 1. The van der Waals surface area contributed by atoms with Crippen LogP contribution in [0.15, 0.2) is 24.3 Å². The summed E-state index contributed by atoms with van der Waals surface area (Å²) in [4.78, 5) is 33.8. The number of fused-ring (bicyclic) bond motifs is 2. The molecule has 0 aliphatic heterocycles.